The van der Waals surface area contributed by atoms with Crippen LogP contribution in [0.25, 0.3) is 11.3 Å². The minimum Gasteiger partial charge on any atom is -0.455 e. The molecule has 0 radical (unpaired) electrons. The van der Waals surface area contributed by atoms with Gasteiger partial charge < -0.3 is 8.83 Å². The third kappa shape index (κ3) is 4.64. The highest BCUT2D eigenvalue weighted by Gasteiger charge is 2.12. The second-order valence-electron chi connectivity index (χ2n) is 7.06. The number of rotatable bonds is 7. The van der Waals surface area contributed by atoms with Crippen LogP contribution < -0.4 is 5.43 Å². The van der Waals surface area contributed by atoms with E-state index in [1.54, 1.807) is 41.1 Å². The Morgan fingerprint density at radius 1 is 1.16 bits per heavy atom. The van der Waals surface area contributed by atoms with Crippen molar-refractivity contribution in [1.82, 2.24) is 15.2 Å². The van der Waals surface area contributed by atoms with E-state index in [1.165, 1.54) is 18.3 Å². The number of non-ortho nitro benzene ring substituents is 1. The minimum atomic E-state index is -0.497. The Kier molecular flexibility index (Phi) is 5.67. The van der Waals surface area contributed by atoms with E-state index >= 15 is 0 Å². The van der Waals surface area contributed by atoms with Gasteiger partial charge in [0.15, 0.2) is 5.76 Å². The van der Waals surface area contributed by atoms with Crippen LogP contribution in [-0.4, -0.2) is 26.8 Å². The van der Waals surface area contributed by atoms with Crippen LogP contribution in [0.1, 0.15) is 33.5 Å². The molecule has 0 spiro atoms. The van der Waals surface area contributed by atoms with Crippen LogP contribution in [0.3, 0.4) is 0 Å². The summed E-state index contributed by atoms with van der Waals surface area (Å²) in [5.74, 6) is 1.16. The van der Waals surface area contributed by atoms with Gasteiger partial charge in [0.25, 0.3) is 5.69 Å². The van der Waals surface area contributed by atoms with Crippen molar-refractivity contribution in [2.45, 2.75) is 20.4 Å². The van der Waals surface area contributed by atoms with Gasteiger partial charge in [-0.05, 0) is 56.3 Å². The standard InChI is InChI=1S/C22H19N5O5/c1-14-11-15(2)26(25-14)13-19-8-10-21(32-19)22(28)24-23-12-18-7-9-20(31-18)16-3-5-17(6-4-16)27(29)30/h3-12H,13H2,1-2H3,(H,24,28)/b23-12-. The van der Waals surface area contributed by atoms with Crippen LogP contribution in [0.15, 0.2) is 68.5 Å². The van der Waals surface area contributed by atoms with E-state index in [1.807, 2.05) is 19.9 Å². The summed E-state index contributed by atoms with van der Waals surface area (Å²) < 4.78 is 13.0. The summed E-state index contributed by atoms with van der Waals surface area (Å²) >= 11 is 0. The number of aryl methyl sites for hydroxylation is 2. The number of benzene rings is 1. The average molecular weight is 433 g/mol. The first-order valence-corrected chi connectivity index (χ1v) is 9.67. The number of hydrogen-bond donors (Lipinski definition) is 1. The highest BCUT2D eigenvalue weighted by molar-refractivity contribution is 5.92. The fourth-order valence-electron chi connectivity index (χ4n) is 3.10. The van der Waals surface area contributed by atoms with Gasteiger partial charge in [-0.15, -0.1) is 0 Å². The Morgan fingerprint density at radius 3 is 2.62 bits per heavy atom. The maximum atomic E-state index is 12.3. The number of amides is 1. The number of nitrogens with zero attached hydrogens (tertiary/aromatic N) is 4. The number of carbonyl (C=O) groups is 1. The van der Waals surface area contributed by atoms with Gasteiger partial charge in [-0.25, -0.2) is 5.43 Å². The third-order valence-corrected chi connectivity index (χ3v) is 4.64. The van der Waals surface area contributed by atoms with Gasteiger partial charge >= 0.3 is 5.91 Å². The number of nitrogens with one attached hydrogen (secondary N) is 1. The van der Waals surface area contributed by atoms with Gasteiger partial charge in [-0.1, -0.05) is 0 Å². The van der Waals surface area contributed by atoms with Crippen LogP contribution in [-0.2, 0) is 6.54 Å². The van der Waals surface area contributed by atoms with Gasteiger partial charge in [0, 0.05) is 23.4 Å². The SMILES string of the molecule is Cc1cc(C)n(Cc2ccc(C(=O)N/N=C\c3ccc(-c4ccc([N+](=O)[O-])cc4)o3)o2)n1. The van der Waals surface area contributed by atoms with Gasteiger partial charge in [0.05, 0.1) is 23.4 Å². The largest absolute Gasteiger partial charge is 0.455 e. The maximum Gasteiger partial charge on any atom is 0.307 e. The zero-order valence-electron chi connectivity index (χ0n) is 17.3. The summed E-state index contributed by atoms with van der Waals surface area (Å²) in [5.41, 5.74) is 4.99. The lowest BCUT2D eigenvalue weighted by atomic mass is 10.1. The van der Waals surface area contributed by atoms with Crippen LogP contribution in [0.4, 0.5) is 5.69 Å². The van der Waals surface area contributed by atoms with Crippen molar-refractivity contribution in [3.8, 4) is 11.3 Å². The first-order valence-electron chi connectivity index (χ1n) is 9.67. The predicted octanol–water partition coefficient (Wildman–Crippen LogP) is 4.07. The summed E-state index contributed by atoms with van der Waals surface area (Å²) in [7, 11) is 0. The number of hydrazone groups is 1. The second-order valence-corrected chi connectivity index (χ2v) is 7.06. The van der Waals surface area contributed by atoms with Gasteiger partial charge in [-0.2, -0.15) is 10.2 Å². The first kappa shape index (κ1) is 20.8. The summed E-state index contributed by atoms with van der Waals surface area (Å²) in [6.45, 7) is 4.29. The van der Waals surface area contributed by atoms with Gasteiger partial charge in [0.1, 0.15) is 17.3 Å². The van der Waals surface area contributed by atoms with E-state index in [-0.39, 0.29) is 11.4 Å². The van der Waals surface area contributed by atoms with Crippen molar-refractivity contribution in [2.75, 3.05) is 0 Å². The summed E-state index contributed by atoms with van der Waals surface area (Å²) in [5, 5.41) is 19.0. The molecule has 162 valence electrons. The quantitative estimate of drug-likeness (QED) is 0.266. The van der Waals surface area contributed by atoms with Crippen LogP contribution in [0.5, 0.6) is 0 Å². The summed E-state index contributed by atoms with van der Waals surface area (Å²) in [6.07, 6.45) is 1.35. The highest BCUT2D eigenvalue weighted by Crippen LogP contribution is 2.24. The second kappa shape index (κ2) is 8.72. The molecule has 4 rings (SSSR count). The molecule has 0 saturated heterocycles. The van der Waals surface area contributed by atoms with E-state index in [4.69, 9.17) is 8.83 Å². The molecular formula is C22H19N5O5. The zero-order valence-corrected chi connectivity index (χ0v) is 17.3. The maximum absolute atomic E-state index is 12.3. The van der Waals surface area contributed by atoms with Crippen molar-refractivity contribution in [3.63, 3.8) is 0 Å². The fraction of sp³-hybridized carbons (Fsp3) is 0.136. The van der Waals surface area contributed by atoms with E-state index in [0.29, 0.717) is 29.4 Å². The molecule has 1 N–H and O–H groups in total. The Labute approximate surface area is 182 Å². The predicted molar refractivity (Wildman–Crippen MR) is 115 cm³/mol. The van der Waals surface area contributed by atoms with Crippen LogP contribution in [0.2, 0.25) is 0 Å². The molecule has 0 aliphatic rings. The lowest BCUT2D eigenvalue weighted by Crippen LogP contribution is -2.16. The van der Waals surface area contributed by atoms with Crippen molar-refractivity contribution in [2.24, 2.45) is 5.10 Å². The number of hydrogen-bond acceptors (Lipinski definition) is 7. The highest BCUT2D eigenvalue weighted by atomic mass is 16.6. The normalized spacial score (nSPS) is 11.2. The molecule has 10 heteroatoms. The third-order valence-electron chi connectivity index (χ3n) is 4.64. The minimum absolute atomic E-state index is 0.000703. The molecule has 4 aromatic rings. The van der Waals surface area contributed by atoms with Crippen molar-refractivity contribution >= 4 is 17.8 Å². The van der Waals surface area contributed by atoms with E-state index in [2.05, 4.69) is 15.6 Å². The summed E-state index contributed by atoms with van der Waals surface area (Å²) in [4.78, 5) is 22.5. The van der Waals surface area contributed by atoms with Crippen LogP contribution in [0, 0.1) is 24.0 Å². The number of nitro benzene ring substituents is 1. The molecule has 0 aliphatic heterocycles. The number of nitro groups is 1. The summed E-state index contributed by atoms with van der Waals surface area (Å²) in [6, 6.07) is 14.6. The van der Waals surface area contributed by atoms with E-state index in [9.17, 15) is 14.9 Å². The Balaban J connectivity index is 1.35. The first-order chi connectivity index (χ1) is 15.4. The average Bonchev–Trinajstić information content (AvgIpc) is 3.49. The van der Waals surface area contributed by atoms with Crippen molar-refractivity contribution in [1.29, 1.82) is 0 Å². The Hall–Kier alpha value is -4.47. The molecule has 0 bridgehead atoms. The molecule has 0 aliphatic carbocycles. The zero-order chi connectivity index (χ0) is 22.7. The molecule has 1 aromatic carbocycles. The number of aromatic nitrogens is 2. The van der Waals surface area contributed by atoms with E-state index < -0.39 is 10.8 Å². The van der Waals surface area contributed by atoms with Gasteiger partial charge in [-0.3, -0.25) is 19.6 Å². The molecular weight excluding hydrogens is 414 g/mol. The van der Waals surface area contributed by atoms with Gasteiger partial charge in [0.2, 0.25) is 0 Å². The van der Waals surface area contributed by atoms with E-state index in [0.717, 1.165) is 11.4 Å². The lowest BCUT2D eigenvalue weighted by molar-refractivity contribution is -0.384. The molecule has 3 heterocycles. The number of carbonyl (C=O) groups excluding carboxylic acids is 1. The molecule has 10 nitrogen and oxygen atoms in total. The van der Waals surface area contributed by atoms with Crippen LogP contribution >= 0.6 is 0 Å². The molecule has 3 aromatic heterocycles. The molecule has 0 atom stereocenters. The molecule has 32 heavy (non-hydrogen) atoms. The Bertz CT molecular complexity index is 1300. The monoisotopic (exact) mass is 433 g/mol. The van der Waals surface area contributed by atoms with Crippen molar-refractivity contribution < 1.29 is 18.6 Å². The molecule has 0 fully saturated rings. The molecule has 0 saturated carbocycles. The topological polar surface area (TPSA) is 129 Å². The van der Waals surface area contributed by atoms with Crippen molar-refractivity contribution in [3.05, 3.63) is 93.4 Å². The Morgan fingerprint density at radius 2 is 1.94 bits per heavy atom. The molecule has 0 unspecified atom stereocenters. The molecule has 1 amide bonds. The lowest BCUT2D eigenvalue weighted by Gasteiger charge is -2.01. The fourth-order valence-corrected chi connectivity index (χ4v) is 3.10. The smallest absolute Gasteiger partial charge is 0.307 e. The number of furan rings is 2.